The summed E-state index contributed by atoms with van der Waals surface area (Å²) < 4.78 is 3.14. The predicted octanol–water partition coefficient (Wildman–Crippen LogP) is 2.09. The van der Waals surface area contributed by atoms with Gasteiger partial charge in [-0.2, -0.15) is 0 Å². The van der Waals surface area contributed by atoms with E-state index in [0.717, 1.165) is 17.6 Å². The fourth-order valence-corrected chi connectivity index (χ4v) is 2.47. The van der Waals surface area contributed by atoms with Gasteiger partial charge in [0.2, 0.25) is 0 Å². The normalized spacial score (nSPS) is 29.1. The van der Waals surface area contributed by atoms with Gasteiger partial charge in [-0.1, -0.05) is 0 Å². The molecule has 3 nitrogen and oxygen atoms in total. The molecule has 1 aromatic rings. The van der Waals surface area contributed by atoms with Gasteiger partial charge in [0.1, 0.15) is 0 Å². The molecule has 0 aromatic carbocycles. The zero-order chi connectivity index (χ0) is 9.26. The summed E-state index contributed by atoms with van der Waals surface area (Å²) in [4.78, 5) is 4.16. The molecule has 1 aromatic heterocycles. The Labute approximate surface area is 86.5 Å². The molecular formula is C9H14BrN3. The van der Waals surface area contributed by atoms with Crippen molar-refractivity contribution in [1.29, 1.82) is 0 Å². The van der Waals surface area contributed by atoms with Crippen LogP contribution in [0.4, 0.5) is 0 Å². The van der Waals surface area contributed by atoms with E-state index < -0.39 is 0 Å². The van der Waals surface area contributed by atoms with E-state index in [1.807, 2.05) is 12.4 Å². The first-order valence-electron chi connectivity index (χ1n) is 4.71. The minimum atomic E-state index is 0.415. The van der Waals surface area contributed by atoms with Gasteiger partial charge < -0.3 is 10.3 Å². The SMILES string of the molecule is NC1CCC(n2ccnc2Br)CC1. The number of halogens is 1. The number of rotatable bonds is 1. The molecule has 0 aliphatic heterocycles. The van der Waals surface area contributed by atoms with Crippen molar-refractivity contribution in [3.05, 3.63) is 17.1 Å². The van der Waals surface area contributed by atoms with Crippen molar-refractivity contribution in [1.82, 2.24) is 9.55 Å². The van der Waals surface area contributed by atoms with E-state index in [1.54, 1.807) is 0 Å². The lowest BCUT2D eigenvalue weighted by Gasteiger charge is -2.27. The predicted molar refractivity (Wildman–Crippen MR) is 55.4 cm³/mol. The molecule has 0 saturated heterocycles. The van der Waals surface area contributed by atoms with E-state index in [2.05, 4.69) is 25.5 Å². The third-order valence-electron chi connectivity index (χ3n) is 2.76. The average molecular weight is 244 g/mol. The molecule has 2 N–H and O–H groups in total. The third-order valence-corrected chi connectivity index (χ3v) is 3.37. The van der Waals surface area contributed by atoms with Crippen LogP contribution < -0.4 is 5.73 Å². The highest BCUT2D eigenvalue weighted by Gasteiger charge is 2.20. The summed E-state index contributed by atoms with van der Waals surface area (Å²) in [6.45, 7) is 0. The molecule has 13 heavy (non-hydrogen) atoms. The van der Waals surface area contributed by atoms with E-state index in [0.29, 0.717) is 12.1 Å². The lowest BCUT2D eigenvalue weighted by Crippen LogP contribution is -2.27. The molecular weight excluding hydrogens is 230 g/mol. The molecule has 1 aliphatic carbocycles. The average Bonchev–Trinajstić information content (AvgIpc) is 2.53. The summed E-state index contributed by atoms with van der Waals surface area (Å²) in [5.74, 6) is 0. The summed E-state index contributed by atoms with van der Waals surface area (Å²) in [6, 6.07) is 1.01. The molecule has 1 heterocycles. The Morgan fingerprint density at radius 2 is 2.08 bits per heavy atom. The largest absolute Gasteiger partial charge is 0.328 e. The number of nitrogens with zero attached hydrogens (tertiary/aromatic N) is 2. The topological polar surface area (TPSA) is 43.8 Å². The summed E-state index contributed by atoms with van der Waals surface area (Å²) >= 11 is 3.44. The lowest BCUT2D eigenvalue weighted by molar-refractivity contribution is 0.320. The Bertz CT molecular complexity index is 276. The first kappa shape index (κ1) is 9.21. The van der Waals surface area contributed by atoms with Crippen LogP contribution in [0.25, 0.3) is 0 Å². The Kier molecular flexibility index (Phi) is 2.69. The zero-order valence-electron chi connectivity index (χ0n) is 7.49. The van der Waals surface area contributed by atoms with Crippen molar-refractivity contribution in [2.24, 2.45) is 5.73 Å². The van der Waals surface area contributed by atoms with Crippen molar-refractivity contribution in [3.63, 3.8) is 0 Å². The van der Waals surface area contributed by atoms with Gasteiger partial charge in [0.25, 0.3) is 0 Å². The quantitative estimate of drug-likeness (QED) is 0.821. The minimum Gasteiger partial charge on any atom is -0.328 e. The van der Waals surface area contributed by atoms with Crippen molar-refractivity contribution in [3.8, 4) is 0 Å². The molecule has 0 radical (unpaired) electrons. The van der Waals surface area contributed by atoms with Crippen LogP contribution in [0.5, 0.6) is 0 Å². The molecule has 1 fully saturated rings. The van der Waals surface area contributed by atoms with Crippen molar-refractivity contribution < 1.29 is 0 Å². The fraction of sp³-hybridized carbons (Fsp3) is 0.667. The smallest absolute Gasteiger partial charge is 0.177 e. The molecule has 0 unspecified atom stereocenters. The van der Waals surface area contributed by atoms with Crippen LogP contribution in [-0.4, -0.2) is 15.6 Å². The molecule has 0 atom stereocenters. The van der Waals surface area contributed by atoms with Gasteiger partial charge in [-0.3, -0.25) is 0 Å². The van der Waals surface area contributed by atoms with Crippen LogP contribution in [0.1, 0.15) is 31.7 Å². The van der Waals surface area contributed by atoms with Crippen LogP contribution in [0.2, 0.25) is 0 Å². The van der Waals surface area contributed by atoms with Gasteiger partial charge >= 0.3 is 0 Å². The molecule has 2 rings (SSSR count). The molecule has 72 valence electrons. The number of nitrogens with two attached hydrogens (primary N) is 1. The van der Waals surface area contributed by atoms with Gasteiger partial charge in [0.15, 0.2) is 4.73 Å². The van der Waals surface area contributed by atoms with E-state index in [1.165, 1.54) is 12.8 Å². The molecule has 0 spiro atoms. The van der Waals surface area contributed by atoms with Crippen LogP contribution in [0.15, 0.2) is 17.1 Å². The minimum absolute atomic E-state index is 0.415. The maximum Gasteiger partial charge on any atom is 0.177 e. The molecule has 4 heteroatoms. The second-order valence-electron chi connectivity index (χ2n) is 3.67. The Morgan fingerprint density at radius 1 is 1.38 bits per heavy atom. The summed E-state index contributed by atoms with van der Waals surface area (Å²) in [7, 11) is 0. The van der Waals surface area contributed by atoms with E-state index in [-0.39, 0.29) is 0 Å². The van der Waals surface area contributed by atoms with Gasteiger partial charge in [0, 0.05) is 24.5 Å². The van der Waals surface area contributed by atoms with E-state index in [9.17, 15) is 0 Å². The Hall–Kier alpha value is -0.350. The van der Waals surface area contributed by atoms with Crippen LogP contribution >= 0.6 is 15.9 Å². The number of hydrogen-bond acceptors (Lipinski definition) is 2. The molecule has 0 amide bonds. The highest BCUT2D eigenvalue weighted by molar-refractivity contribution is 9.10. The monoisotopic (exact) mass is 243 g/mol. The summed E-state index contributed by atoms with van der Waals surface area (Å²) in [6.07, 6.45) is 8.49. The van der Waals surface area contributed by atoms with Crippen LogP contribution in [0, 0.1) is 0 Å². The van der Waals surface area contributed by atoms with E-state index >= 15 is 0 Å². The summed E-state index contributed by atoms with van der Waals surface area (Å²) in [5.41, 5.74) is 5.85. The van der Waals surface area contributed by atoms with Gasteiger partial charge in [-0.05, 0) is 41.6 Å². The fourth-order valence-electron chi connectivity index (χ4n) is 1.95. The highest BCUT2D eigenvalue weighted by Crippen LogP contribution is 2.29. The van der Waals surface area contributed by atoms with Crippen molar-refractivity contribution >= 4 is 15.9 Å². The lowest BCUT2D eigenvalue weighted by atomic mass is 9.92. The Morgan fingerprint density at radius 3 is 2.62 bits per heavy atom. The maximum absolute atomic E-state index is 5.85. The maximum atomic E-state index is 5.85. The van der Waals surface area contributed by atoms with Gasteiger partial charge in [-0.15, -0.1) is 0 Å². The molecule has 1 saturated carbocycles. The second-order valence-corrected chi connectivity index (χ2v) is 4.38. The van der Waals surface area contributed by atoms with Crippen molar-refractivity contribution in [2.75, 3.05) is 0 Å². The number of hydrogen-bond donors (Lipinski definition) is 1. The van der Waals surface area contributed by atoms with Crippen LogP contribution in [-0.2, 0) is 0 Å². The standard InChI is InChI=1S/C9H14BrN3/c10-9-12-5-6-13(9)8-3-1-7(11)2-4-8/h5-8H,1-4,11H2. The molecule has 1 aliphatic rings. The second kappa shape index (κ2) is 3.80. The highest BCUT2D eigenvalue weighted by atomic mass is 79.9. The van der Waals surface area contributed by atoms with Gasteiger partial charge in [-0.25, -0.2) is 4.98 Å². The first-order valence-corrected chi connectivity index (χ1v) is 5.50. The van der Waals surface area contributed by atoms with Crippen LogP contribution in [0.3, 0.4) is 0 Å². The van der Waals surface area contributed by atoms with E-state index in [4.69, 9.17) is 5.73 Å². The number of imidazole rings is 1. The van der Waals surface area contributed by atoms with Gasteiger partial charge in [0.05, 0.1) is 0 Å². The Balaban J connectivity index is 2.06. The van der Waals surface area contributed by atoms with Crippen molar-refractivity contribution in [2.45, 2.75) is 37.8 Å². The zero-order valence-corrected chi connectivity index (χ0v) is 9.07. The first-order chi connectivity index (χ1) is 6.27. The number of aromatic nitrogens is 2. The summed E-state index contributed by atoms with van der Waals surface area (Å²) in [5, 5.41) is 0. The third kappa shape index (κ3) is 1.94. The molecule has 0 bridgehead atoms.